The standard InChI is InChI=1S/C16H28/c1-4-5-6-8-12-11(2)13-14(12)15(13)16(3)9-7-10-16/h11-15H,4-10H2,1-3H3. The van der Waals surface area contributed by atoms with Crippen LogP contribution < -0.4 is 0 Å². The van der Waals surface area contributed by atoms with Gasteiger partial charge in [-0.3, -0.25) is 0 Å². The van der Waals surface area contributed by atoms with Gasteiger partial charge in [0.15, 0.2) is 0 Å². The summed E-state index contributed by atoms with van der Waals surface area (Å²) in [5, 5.41) is 0. The van der Waals surface area contributed by atoms with Crippen LogP contribution >= 0.6 is 0 Å². The van der Waals surface area contributed by atoms with Crippen molar-refractivity contribution in [1.82, 2.24) is 0 Å². The Kier molecular flexibility index (Phi) is 2.60. The molecule has 0 aromatic rings. The van der Waals surface area contributed by atoms with Gasteiger partial charge < -0.3 is 0 Å². The Bertz CT molecular complexity index is 263. The van der Waals surface area contributed by atoms with E-state index < -0.39 is 0 Å². The van der Waals surface area contributed by atoms with Crippen LogP contribution in [-0.4, -0.2) is 0 Å². The van der Waals surface area contributed by atoms with Crippen molar-refractivity contribution in [2.75, 3.05) is 0 Å². The summed E-state index contributed by atoms with van der Waals surface area (Å²) >= 11 is 0. The highest BCUT2D eigenvalue weighted by molar-refractivity contribution is 5.19. The van der Waals surface area contributed by atoms with Crippen molar-refractivity contribution < 1.29 is 0 Å². The third-order valence-corrected chi connectivity index (χ3v) is 6.35. The maximum atomic E-state index is 2.58. The number of unbranched alkanes of at least 4 members (excludes halogenated alkanes) is 2. The Morgan fingerprint density at radius 1 is 1.12 bits per heavy atom. The van der Waals surface area contributed by atoms with Gasteiger partial charge in [0.2, 0.25) is 0 Å². The minimum atomic E-state index is 0.795. The van der Waals surface area contributed by atoms with Gasteiger partial charge in [-0.15, -0.1) is 0 Å². The Morgan fingerprint density at radius 3 is 2.44 bits per heavy atom. The lowest BCUT2D eigenvalue weighted by molar-refractivity contribution is 0.117. The summed E-state index contributed by atoms with van der Waals surface area (Å²) in [6.07, 6.45) is 10.5. The zero-order chi connectivity index (χ0) is 11.3. The maximum Gasteiger partial charge on any atom is -0.0292 e. The Hall–Kier alpha value is 0. The summed E-state index contributed by atoms with van der Waals surface area (Å²) in [6, 6.07) is 0. The van der Waals surface area contributed by atoms with Crippen LogP contribution in [-0.2, 0) is 0 Å². The SMILES string of the molecule is CCCCCC1C(C)C2C1C2C1(C)CCC1. The number of rotatable bonds is 5. The molecule has 0 aromatic heterocycles. The van der Waals surface area contributed by atoms with E-state index >= 15 is 0 Å². The smallest absolute Gasteiger partial charge is 0.0292 e. The lowest BCUT2D eigenvalue weighted by atomic mass is 9.66. The number of fused-ring (bicyclic) bond motifs is 1. The van der Waals surface area contributed by atoms with Crippen molar-refractivity contribution in [2.24, 2.45) is 35.0 Å². The van der Waals surface area contributed by atoms with E-state index in [1.165, 1.54) is 31.6 Å². The second-order valence-electron chi connectivity index (χ2n) is 7.21. The molecule has 0 nitrogen and oxygen atoms in total. The van der Waals surface area contributed by atoms with Crippen molar-refractivity contribution in [3.8, 4) is 0 Å². The minimum absolute atomic E-state index is 0.795. The Morgan fingerprint density at radius 2 is 1.88 bits per heavy atom. The summed E-state index contributed by atoms with van der Waals surface area (Å²) in [5.74, 6) is 5.69. The molecular weight excluding hydrogens is 192 g/mol. The molecule has 0 aromatic carbocycles. The predicted octanol–water partition coefficient (Wildman–Crippen LogP) is 4.89. The highest BCUT2D eigenvalue weighted by atomic mass is 14.8. The monoisotopic (exact) mass is 220 g/mol. The molecule has 0 heterocycles. The fraction of sp³-hybridized carbons (Fsp3) is 1.00. The van der Waals surface area contributed by atoms with E-state index in [-0.39, 0.29) is 0 Å². The van der Waals surface area contributed by atoms with Gasteiger partial charge >= 0.3 is 0 Å². The molecule has 5 atom stereocenters. The van der Waals surface area contributed by atoms with E-state index in [1.54, 1.807) is 19.3 Å². The van der Waals surface area contributed by atoms with E-state index in [1.807, 2.05) is 0 Å². The quantitative estimate of drug-likeness (QED) is 0.579. The maximum absolute atomic E-state index is 2.58. The van der Waals surface area contributed by atoms with Crippen LogP contribution in [0.2, 0.25) is 0 Å². The Balaban J connectivity index is 1.53. The summed E-state index contributed by atoms with van der Waals surface area (Å²) in [4.78, 5) is 0. The van der Waals surface area contributed by atoms with Gasteiger partial charge in [0.05, 0.1) is 0 Å². The first-order chi connectivity index (χ1) is 7.69. The summed E-state index contributed by atoms with van der Waals surface area (Å²) in [5.41, 5.74) is 0.795. The fourth-order valence-electron chi connectivity index (χ4n) is 5.16. The van der Waals surface area contributed by atoms with Gasteiger partial charge in [0.1, 0.15) is 0 Å². The zero-order valence-corrected chi connectivity index (χ0v) is 11.3. The average Bonchev–Trinajstić information content (AvgIpc) is 2.91. The van der Waals surface area contributed by atoms with Crippen molar-refractivity contribution in [1.29, 1.82) is 0 Å². The molecule has 0 spiro atoms. The molecule has 5 unspecified atom stereocenters. The van der Waals surface area contributed by atoms with E-state index in [2.05, 4.69) is 20.8 Å². The normalized spacial score (nSPS) is 47.8. The second-order valence-corrected chi connectivity index (χ2v) is 7.21. The third-order valence-electron chi connectivity index (χ3n) is 6.35. The van der Waals surface area contributed by atoms with Crippen molar-refractivity contribution in [3.63, 3.8) is 0 Å². The van der Waals surface area contributed by atoms with Crippen LogP contribution in [0.3, 0.4) is 0 Å². The van der Waals surface area contributed by atoms with E-state index in [0.717, 1.165) is 29.1 Å². The van der Waals surface area contributed by atoms with E-state index in [9.17, 15) is 0 Å². The highest BCUT2D eigenvalue weighted by Gasteiger charge is 2.71. The molecule has 0 bridgehead atoms. The molecule has 0 saturated heterocycles. The van der Waals surface area contributed by atoms with Gasteiger partial charge in [-0.2, -0.15) is 0 Å². The third kappa shape index (κ3) is 1.41. The largest absolute Gasteiger partial charge is 0.0654 e. The van der Waals surface area contributed by atoms with Crippen LogP contribution in [0, 0.1) is 35.0 Å². The molecule has 0 radical (unpaired) electrons. The van der Waals surface area contributed by atoms with Crippen molar-refractivity contribution in [3.05, 3.63) is 0 Å². The van der Waals surface area contributed by atoms with Gasteiger partial charge in [0.25, 0.3) is 0 Å². The molecule has 3 saturated carbocycles. The first-order valence-corrected chi connectivity index (χ1v) is 7.69. The topological polar surface area (TPSA) is 0 Å². The van der Waals surface area contributed by atoms with Crippen LogP contribution in [0.15, 0.2) is 0 Å². The molecule has 3 rings (SSSR count). The predicted molar refractivity (Wildman–Crippen MR) is 69.2 cm³/mol. The first-order valence-electron chi connectivity index (χ1n) is 7.69. The number of hydrogen-bond acceptors (Lipinski definition) is 0. The van der Waals surface area contributed by atoms with Crippen LogP contribution in [0.25, 0.3) is 0 Å². The number of hydrogen-bond donors (Lipinski definition) is 0. The average molecular weight is 220 g/mol. The molecule has 92 valence electrons. The minimum Gasteiger partial charge on any atom is -0.0654 e. The summed E-state index contributed by atoms with van der Waals surface area (Å²) < 4.78 is 0. The molecular formula is C16H28. The molecule has 0 N–H and O–H groups in total. The Labute approximate surface area is 101 Å². The molecule has 3 aliphatic carbocycles. The van der Waals surface area contributed by atoms with Crippen molar-refractivity contribution in [2.45, 2.75) is 65.7 Å². The first kappa shape index (κ1) is 11.1. The van der Waals surface area contributed by atoms with Gasteiger partial charge in [-0.05, 0) is 54.3 Å². The molecule has 0 aliphatic heterocycles. The van der Waals surface area contributed by atoms with Crippen LogP contribution in [0.4, 0.5) is 0 Å². The second kappa shape index (κ2) is 3.75. The summed E-state index contributed by atoms with van der Waals surface area (Å²) in [6.45, 7) is 7.44. The molecule has 3 aliphatic rings. The van der Waals surface area contributed by atoms with Gasteiger partial charge in [-0.25, -0.2) is 0 Å². The molecule has 0 heteroatoms. The van der Waals surface area contributed by atoms with Crippen LogP contribution in [0.5, 0.6) is 0 Å². The van der Waals surface area contributed by atoms with E-state index in [0.29, 0.717) is 0 Å². The lowest BCUT2D eigenvalue weighted by Gasteiger charge is -2.39. The molecule has 16 heavy (non-hydrogen) atoms. The molecule has 0 amide bonds. The zero-order valence-electron chi connectivity index (χ0n) is 11.3. The summed E-state index contributed by atoms with van der Waals surface area (Å²) in [7, 11) is 0. The van der Waals surface area contributed by atoms with Crippen molar-refractivity contribution >= 4 is 0 Å². The fourth-order valence-corrected chi connectivity index (χ4v) is 5.16. The van der Waals surface area contributed by atoms with Gasteiger partial charge in [-0.1, -0.05) is 46.5 Å². The van der Waals surface area contributed by atoms with E-state index in [4.69, 9.17) is 0 Å². The molecule has 3 fully saturated rings. The lowest BCUT2D eigenvalue weighted by Crippen LogP contribution is -2.28. The van der Waals surface area contributed by atoms with Crippen LogP contribution in [0.1, 0.15) is 65.7 Å². The highest BCUT2D eigenvalue weighted by Crippen LogP contribution is 2.76. The van der Waals surface area contributed by atoms with Gasteiger partial charge in [0, 0.05) is 0 Å².